The van der Waals surface area contributed by atoms with Crippen LogP contribution in [0.1, 0.15) is 47.5 Å². The zero-order chi connectivity index (χ0) is 26.3. The van der Waals surface area contributed by atoms with Crippen molar-refractivity contribution in [3.8, 4) is 0 Å². The molecular formula is C28H38O7Si. The Morgan fingerprint density at radius 1 is 0.889 bits per heavy atom. The number of hydrogen-bond acceptors (Lipinski definition) is 7. The molecule has 0 aromatic heterocycles. The smallest absolute Gasteiger partial charge is 0.303 e. The lowest BCUT2D eigenvalue weighted by Crippen LogP contribution is -2.67. The van der Waals surface area contributed by atoms with Gasteiger partial charge >= 0.3 is 11.9 Å². The second kappa shape index (κ2) is 12.1. The summed E-state index contributed by atoms with van der Waals surface area (Å²) in [5.41, 5.74) is 0. The summed E-state index contributed by atoms with van der Waals surface area (Å²) < 4.78 is 29.8. The van der Waals surface area contributed by atoms with Crippen molar-refractivity contribution in [2.24, 2.45) is 0 Å². The van der Waals surface area contributed by atoms with E-state index < -0.39 is 38.8 Å². The first-order chi connectivity index (χ1) is 17.1. The average molecular weight is 515 g/mol. The van der Waals surface area contributed by atoms with Crippen LogP contribution in [0.2, 0.25) is 5.04 Å². The van der Waals surface area contributed by atoms with Crippen LogP contribution in [-0.2, 0) is 33.0 Å². The molecule has 1 saturated heterocycles. The van der Waals surface area contributed by atoms with Gasteiger partial charge in [-0.25, -0.2) is 0 Å². The van der Waals surface area contributed by atoms with E-state index in [-0.39, 0.29) is 11.1 Å². The van der Waals surface area contributed by atoms with Crippen LogP contribution >= 0.6 is 0 Å². The first-order valence-corrected chi connectivity index (χ1v) is 14.3. The first kappa shape index (κ1) is 28.1. The van der Waals surface area contributed by atoms with Gasteiger partial charge in [-0.15, -0.1) is 0 Å². The van der Waals surface area contributed by atoms with Crippen molar-refractivity contribution in [1.29, 1.82) is 0 Å². The van der Waals surface area contributed by atoms with Gasteiger partial charge in [0.25, 0.3) is 8.32 Å². The topological polar surface area (TPSA) is 80.3 Å². The van der Waals surface area contributed by atoms with Crippen LogP contribution in [0.25, 0.3) is 0 Å². The number of methoxy groups -OCH3 is 1. The fourth-order valence-electron chi connectivity index (χ4n) is 4.98. The highest BCUT2D eigenvalue weighted by Crippen LogP contribution is 2.37. The molecule has 3 rings (SSSR count). The van der Waals surface area contributed by atoms with Gasteiger partial charge in [-0.1, -0.05) is 81.4 Å². The van der Waals surface area contributed by atoms with Crippen LogP contribution in [0.3, 0.4) is 0 Å². The molecule has 8 heteroatoms. The molecule has 0 amide bonds. The molecule has 1 fully saturated rings. The van der Waals surface area contributed by atoms with Gasteiger partial charge in [-0.2, -0.15) is 0 Å². The highest BCUT2D eigenvalue weighted by molar-refractivity contribution is 6.99. The molecule has 4 atom stereocenters. The number of hydrogen-bond donors (Lipinski definition) is 0. The van der Waals surface area contributed by atoms with Crippen LogP contribution in [0.4, 0.5) is 0 Å². The van der Waals surface area contributed by atoms with Crippen LogP contribution in [0, 0.1) is 0 Å². The number of carbonyl (C=O) groups excluding carboxylic acids is 2. The third-order valence-electron chi connectivity index (χ3n) is 6.49. The predicted molar refractivity (Wildman–Crippen MR) is 140 cm³/mol. The Balaban J connectivity index is 1.94. The van der Waals surface area contributed by atoms with Gasteiger partial charge in [0.1, 0.15) is 6.10 Å². The number of carbonyl (C=O) groups is 2. The standard InChI is InChI=1S/C28H38O7Si/c1-20(29)33-25-18-17-22(35-27(31-6)26(25)34-21(2)30)19-32-36(28(3,4)5,23-13-9-7-10-14-23)24-15-11-8-12-16-24/h7-16,22,25-27H,17-19H2,1-6H3/t22-,25+,26+,27+/m1/s1. The maximum Gasteiger partial charge on any atom is 0.303 e. The number of ether oxygens (including phenoxy) is 4. The summed E-state index contributed by atoms with van der Waals surface area (Å²) in [6.07, 6.45) is -1.79. The van der Waals surface area contributed by atoms with Crippen molar-refractivity contribution >= 4 is 30.6 Å². The van der Waals surface area contributed by atoms with E-state index in [2.05, 4.69) is 45.0 Å². The van der Waals surface area contributed by atoms with Gasteiger partial charge in [0.2, 0.25) is 0 Å². The molecule has 0 saturated carbocycles. The molecule has 2 aromatic rings. The monoisotopic (exact) mass is 514 g/mol. The number of rotatable bonds is 8. The fraction of sp³-hybridized carbons (Fsp3) is 0.500. The SMILES string of the molecule is CO[C@H]1O[C@@H](CO[Si](c2ccccc2)(c2ccccc2)C(C)(C)C)CC[C@H](OC(C)=O)[C@@H]1OC(C)=O. The van der Waals surface area contributed by atoms with E-state index in [0.717, 1.165) is 0 Å². The van der Waals surface area contributed by atoms with Gasteiger partial charge in [0, 0.05) is 21.0 Å². The van der Waals surface area contributed by atoms with Gasteiger partial charge in [-0.3, -0.25) is 9.59 Å². The predicted octanol–water partition coefficient (Wildman–Crippen LogP) is 3.58. The zero-order valence-electron chi connectivity index (χ0n) is 22.1. The van der Waals surface area contributed by atoms with Gasteiger partial charge in [0.05, 0.1) is 12.7 Å². The van der Waals surface area contributed by atoms with E-state index in [9.17, 15) is 9.59 Å². The summed E-state index contributed by atoms with van der Waals surface area (Å²) in [5, 5.41) is 2.18. The van der Waals surface area contributed by atoms with Crippen molar-refractivity contribution in [2.45, 2.75) is 77.1 Å². The van der Waals surface area contributed by atoms with Crippen LogP contribution < -0.4 is 10.4 Å². The summed E-state index contributed by atoms with van der Waals surface area (Å²) in [5.74, 6) is -0.946. The second-order valence-corrected chi connectivity index (χ2v) is 14.4. The Morgan fingerprint density at radius 3 is 1.86 bits per heavy atom. The van der Waals surface area contributed by atoms with Crippen LogP contribution in [0.5, 0.6) is 0 Å². The molecule has 7 nitrogen and oxygen atoms in total. The normalized spacial score (nSPS) is 22.9. The Kier molecular flexibility index (Phi) is 9.46. The molecule has 0 radical (unpaired) electrons. The lowest BCUT2D eigenvalue weighted by molar-refractivity contribution is -0.228. The van der Waals surface area contributed by atoms with E-state index in [1.165, 1.54) is 31.3 Å². The summed E-state index contributed by atoms with van der Waals surface area (Å²) in [6.45, 7) is 9.62. The molecule has 0 spiro atoms. The summed E-state index contributed by atoms with van der Waals surface area (Å²) in [7, 11) is -1.28. The van der Waals surface area contributed by atoms with E-state index in [1.807, 2.05) is 36.4 Å². The van der Waals surface area contributed by atoms with E-state index in [1.54, 1.807) is 0 Å². The highest BCUT2D eigenvalue weighted by Gasteiger charge is 2.51. The highest BCUT2D eigenvalue weighted by atomic mass is 28.4. The molecule has 1 heterocycles. The Morgan fingerprint density at radius 2 is 1.42 bits per heavy atom. The fourth-order valence-corrected chi connectivity index (χ4v) is 9.57. The molecule has 0 aliphatic carbocycles. The minimum atomic E-state index is -2.76. The van der Waals surface area contributed by atoms with E-state index in [0.29, 0.717) is 19.4 Å². The zero-order valence-corrected chi connectivity index (χ0v) is 23.1. The summed E-state index contributed by atoms with van der Waals surface area (Å²) >= 11 is 0. The Labute approximate surface area is 215 Å². The van der Waals surface area contributed by atoms with Crippen molar-refractivity contribution in [1.82, 2.24) is 0 Å². The Bertz CT molecular complexity index is 950. The third-order valence-corrected chi connectivity index (χ3v) is 11.5. The minimum absolute atomic E-state index is 0.179. The summed E-state index contributed by atoms with van der Waals surface area (Å²) in [4.78, 5) is 23.5. The molecule has 0 N–H and O–H groups in total. The molecule has 2 aromatic carbocycles. The third kappa shape index (κ3) is 6.42. The van der Waals surface area contributed by atoms with Crippen molar-refractivity contribution in [3.63, 3.8) is 0 Å². The molecule has 1 aliphatic rings. The maximum atomic E-state index is 11.8. The first-order valence-electron chi connectivity index (χ1n) is 12.4. The van der Waals surface area contributed by atoms with Gasteiger partial charge in [-0.05, 0) is 28.3 Å². The number of benzene rings is 2. The Hall–Kier alpha value is -2.52. The quantitative estimate of drug-likeness (QED) is 0.394. The molecular weight excluding hydrogens is 476 g/mol. The lowest BCUT2D eigenvalue weighted by atomic mass is 10.1. The van der Waals surface area contributed by atoms with E-state index >= 15 is 0 Å². The molecule has 196 valence electrons. The maximum absolute atomic E-state index is 11.8. The number of esters is 2. The molecule has 1 aliphatic heterocycles. The minimum Gasteiger partial charge on any atom is -0.458 e. The average Bonchev–Trinajstić information content (AvgIpc) is 2.98. The van der Waals surface area contributed by atoms with Crippen LogP contribution in [0.15, 0.2) is 60.7 Å². The second-order valence-electron chi connectivity index (χ2n) is 10.1. The van der Waals surface area contributed by atoms with Crippen molar-refractivity contribution in [2.75, 3.05) is 13.7 Å². The van der Waals surface area contributed by atoms with Crippen LogP contribution in [-0.4, -0.2) is 58.6 Å². The largest absolute Gasteiger partial charge is 0.458 e. The lowest BCUT2D eigenvalue weighted by Gasteiger charge is -2.43. The van der Waals surface area contributed by atoms with Gasteiger partial charge < -0.3 is 23.4 Å². The molecule has 0 unspecified atom stereocenters. The van der Waals surface area contributed by atoms with Gasteiger partial charge in [0.15, 0.2) is 12.4 Å². The van der Waals surface area contributed by atoms with E-state index in [4.69, 9.17) is 23.4 Å². The molecule has 0 bridgehead atoms. The molecule has 36 heavy (non-hydrogen) atoms. The van der Waals surface area contributed by atoms with Crippen molar-refractivity contribution < 1.29 is 33.0 Å². The summed E-state index contributed by atoms with van der Waals surface area (Å²) in [6, 6.07) is 20.8. The van der Waals surface area contributed by atoms with Crippen molar-refractivity contribution in [3.05, 3.63) is 60.7 Å².